The average molecular weight is 502 g/mol. The molecule has 0 fully saturated rings. The standard InChI is InChI=1S/C29H31N3O5/c1-15(2)20-11-18-19(36-20)9-8-16(26(18)35-7)25-24-17-10-22(33-5)23(34-6)12-21(17)37-27(24)28-30-13-29(3,4)14-32(28)31-25/h8-10,12,20H,1,11,13-14H2,2-7H3/t20-/m1/s1. The minimum Gasteiger partial charge on any atom is -0.496 e. The van der Waals surface area contributed by atoms with Crippen molar-refractivity contribution >= 4 is 22.5 Å². The quantitative estimate of drug-likeness (QED) is 0.448. The topological polar surface area (TPSA) is 78.0 Å². The summed E-state index contributed by atoms with van der Waals surface area (Å²) in [5, 5.41) is 8.00. The van der Waals surface area contributed by atoms with E-state index in [1.54, 1.807) is 21.3 Å². The second-order valence-electron chi connectivity index (χ2n) is 10.6. The molecule has 3 aliphatic rings. The number of aliphatic imine (C=N–C) groups is 1. The van der Waals surface area contributed by atoms with E-state index >= 15 is 0 Å². The van der Waals surface area contributed by atoms with E-state index < -0.39 is 0 Å². The smallest absolute Gasteiger partial charge is 0.188 e. The second-order valence-corrected chi connectivity index (χ2v) is 10.6. The zero-order chi connectivity index (χ0) is 26.1. The summed E-state index contributed by atoms with van der Waals surface area (Å²) >= 11 is 0. The van der Waals surface area contributed by atoms with Crippen LogP contribution >= 0.6 is 0 Å². The number of fused-ring (bicyclic) bond motifs is 6. The van der Waals surface area contributed by atoms with E-state index in [2.05, 4.69) is 20.4 Å². The summed E-state index contributed by atoms with van der Waals surface area (Å²) in [7, 11) is 4.93. The predicted octanol–water partition coefficient (Wildman–Crippen LogP) is 5.19. The van der Waals surface area contributed by atoms with Gasteiger partial charge < -0.3 is 23.4 Å². The van der Waals surface area contributed by atoms with Gasteiger partial charge in [-0.1, -0.05) is 20.4 Å². The first-order valence-corrected chi connectivity index (χ1v) is 12.4. The van der Waals surface area contributed by atoms with Crippen LogP contribution in [-0.2, 0) is 6.42 Å². The van der Waals surface area contributed by atoms with Crippen molar-refractivity contribution in [2.75, 3.05) is 34.4 Å². The Morgan fingerprint density at radius 1 is 1.11 bits per heavy atom. The van der Waals surface area contributed by atoms with Gasteiger partial charge in [0, 0.05) is 41.0 Å². The van der Waals surface area contributed by atoms with Gasteiger partial charge in [-0.2, -0.15) is 5.10 Å². The van der Waals surface area contributed by atoms with E-state index in [1.807, 2.05) is 36.2 Å². The molecule has 1 atom stereocenters. The largest absolute Gasteiger partial charge is 0.496 e. The summed E-state index contributed by atoms with van der Waals surface area (Å²) in [6.07, 6.45) is 0.624. The van der Waals surface area contributed by atoms with Crippen molar-refractivity contribution < 1.29 is 23.4 Å². The van der Waals surface area contributed by atoms with Crippen molar-refractivity contribution in [1.29, 1.82) is 0 Å². The lowest BCUT2D eigenvalue weighted by Crippen LogP contribution is -2.44. The Morgan fingerprint density at radius 3 is 2.57 bits per heavy atom. The first kappa shape index (κ1) is 23.5. The fourth-order valence-corrected chi connectivity index (χ4v) is 5.34. The van der Waals surface area contributed by atoms with Crippen molar-refractivity contribution in [3.05, 3.63) is 58.9 Å². The number of hydrazone groups is 1. The summed E-state index contributed by atoms with van der Waals surface area (Å²) in [5.74, 6) is 4.20. The lowest BCUT2D eigenvalue weighted by atomic mass is 9.90. The Morgan fingerprint density at radius 2 is 1.86 bits per heavy atom. The van der Waals surface area contributed by atoms with Crippen LogP contribution in [0.1, 0.15) is 43.2 Å². The third-order valence-corrected chi connectivity index (χ3v) is 7.22. The molecule has 3 aromatic rings. The number of hydrogen-bond acceptors (Lipinski definition) is 8. The number of rotatable bonds is 5. The Balaban J connectivity index is 1.61. The molecule has 8 heteroatoms. The zero-order valence-corrected chi connectivity index (χ0v) is 22.1. The van der Waals surface area contributed by atoms with Crippen LogP contribution in [0.5, 0.6) is 23.0 Å². The van der Waals surface area contributed by atoms with Gasteiger partial charge in [0.15, 0.2) is 23.1 Å². The molecule has 0 N–H and O–H groups in total. The molecule has 0 spiro atoms. The van der Waals surface area contributed by atoms with E-state index in [-0.39, 0.29) is 11.5 Å². The number of nitrogens with zero attached hydrogens (tertiary/aromatic N) is 3. The van der Waals surface area contributed by atoms with E-state index in [0.29, 0.717) is 42.4 Å². The zero-order valence-electron chi connectivity index (χ0n) is 22.1. The Kier molecular flexibility index (Phi) is 5.26. The van der Waals surface area contributed by atoms with Gasteiger partial charge in [-0.25, -0.2) is 5.01 Å². The number of furan rings is 1. The van der Waals surface area contributed by atoms with E-state index in [0.717, 1.165) is 50.7 Å². The molecule has 0 unspecified atom stereocenters. The highest BCUT2D eigenvalue weighted by Crippen LogP contribution is 2.45. The number of ether oxygens (including phenoxy) is 4. The maximum atomic E-state index is 6.47. The molecular weight excluding hydrogens is 470 g/mol. The van der Waals surface area contributed by atoms with Gasteiger partial charge in [-0.15, -0.1) is 0 Å². The number of benzene rings is 2. The van der Waals surface area contributed by atoms with E-state index in [1.165, 1.54) is 0 Å². The van der Waals surface area contributed by atoms with Gasteiger partial charge in [0.2, 0.25) is 0 Å². The maximum Gasteiger partial charge on any atom is 0.188 e. The van der Waals surface area contributed by atoms with E-state index in [4.69, 9.17) is 33.5 Å². The lowest BCUT2D eigenvalue weighted by Gasteiger charge is -2.37. The van der Waals surface area contributed by atoms with Crippen LogP contribution in [0.15, 0.2) is 50.9 Å². The normalized spacial score (nSPS) is 19.3. The van der Waals surface area contributed by atoms with Crippen LogP contribution in [0.3, 0.4) is 0 Å². The van der Waals surface area contributed by atoms with Crippen LogP contribution in [-0.4, -0.2) is 57.1 Å². The molecule has 8 nitrogen and oxygen atoms in total. The predicted molar refractivity (Wildman–Crippen MR) is 143 cm³/mol. The molecule has 0 aliphatic carbocycles. The highest BCUT2D eigenvalue weighted by molar-refractivity contribution is 6.27. The molecule has 1 aromatic heterocycles. The SMILES string of the molecule is C=C(C)[C@H]1Cc2c(ccc(C3=NN4CC(C)(C)CN=C4c4oc5cc(OC)c(OC)cc5c43)c2OC)O1. The summed E-state index contributed by atoms with van der Waals surface area (Å²) in [5.41, 5.74) is 5.14. The fourth-order valence-electron chi connectivity index (χ4n) is 5.34. The minimum atomic E-state index is -0.0730. The summed E-state index contributed by atoms with van der Waals surface area (Å²) in [6, 6.07) is 7.80. The molecule has 192 valence electrons. The Labute approximate surface area is 216 Å². The number of hydrogen-bond donors (Lipinski definition) is 0. The van der Waals surface area contributed by atoms with Gasteiger partial charge in [0.05, 0.1) is 33.4 Å². The molecule has 0 radical (unpaired) electrons. The number of methoxy groups -OCH3 is 3. The van der Waals surface area contributed by atoms with Crippen LogP contribution in [0.4, 0.5) is 0 Å². The third-order valence-electron chi connectivity index (χ3n) is 7.22. The first-order valence-electron chi connectivity index (χ1n) is 12.4. The molecule has 0 saturated heterocycles. The van der Waals surface area contributed by atoms with Gasteiger partial charge in [0.1, 0.15) is 28.9 Å². The molecule has 0 saturated carbocycles. The van der Waals surface area contributed by atoms with Crippen LogP contribution in [0.2, 0.25) is 0 Å². The Bertz CT molecular complexity index is 1510. The van der Waals surface area contributed by atoms with Gasteiger partial charge in [-0.3, -0.25) is 4.99 Å². The van der Waals surface area contributed by atoms with Crippen molar-refractivity contribution in [3.8, 4) is 23.0 Å². The van der Waals surface area contributed by atoms with Crippen molar-refractivity contribution in [3.63, 3.8) is 0 Å². The minimum absolute atomic E-state index is 0.0291. The molecule has 37 heavy (non-hydrogen) atoms. The molecule has 6 rings (SSSR count). The molecule has 3 aliphatic heterocycles. The summed E-state index contributed by atoms with van der Waals surface area (Å²) in [4.78, 5) is 4.90. The first-order chi connectivity index (χ1) is 17.7. The molecular formula is C29H31N3O5. The molecule has 2 aromatic carbocycles. The average Bonchev–Trinajstić information content (AvgIpc) is 3.47. The molecule has 0 bridgehead atoms. The molecule has 4 heterocycles. The Hall–Kier alpha value is -3.94. The third kappa shape index (κ3) is 3.57. The van der Waals surface area contributed by atoms with Crippen LogP contribution in [0, 0.1) is 5.41 Å². The van der Waals surface area contributed by atoms with Crippen molar-refractivity contribution in [1.82, 2.24) is 5.01 Å². The van der Waals surface area contributed by atoms with Crippen molar-refractivity contribution in [2.24, 2.45) is 15.5 Å². The van der Waals surface area contributed by atoms with Crippen LogP contribution in [0.25, 0.3) is 11.0 Å². The highest BCUT2D eigenvalue weighted by atomic mass is 16.5. The highest BCUT2D eigenvalue weighted by Gasteiger charge is 2.39. The maximum absolute atomic E-state index is 6.47. The van der Waals surface area contributed by atoms with E-state index in [9.17, 15) is 0 Å². The van der Waals surface area contributed by atoms with Gasteiger partial charge in [-0.05, 0) is 30.7 Å². The fraction of sp³-hybridized carbons (Fsp3) is 0.379. The summed E-state index contributed by atoms with van der Waals surface area (Å²) < 4.78 is 29.8. The van der Waals surface area contributed by atoms with Crippen LogP contribution < -0.4 is 18.9 Å². The number of amidine groups is 1. The lowest BCUT2D eigenvalue weighted by molar-refractivity contribution is 0.242. The van der Waals surface area contributed by atoms with Crippen molar-refractivity contribution in [2.45, 2.75) is 33.3 Å². The second kappa shape index (κ2) is 8.30. The van der Waals surface area contributed by atoms with Gasteiger partial charge in [0.25, 0.3) is 0 Å². The monoisotopic (exact) mass is 501 g/mol. The summed E-state index contributed by atoms with van der Waals surface area (Å²) in [6.45, 7) is 11.9. The van der Waals surface area contributed by atoms with Gasteiger partial charge >= 0.3 is 0 Å². The molecule has 0 amide bonds.